The lowest BCUT2D eigenvalue weighted by atomic mass is 10.0. The molecule has 23 heavy (non-hydrogen) atoms. The van der Waals surface area contributed by atoms with Gasteiger partial charge in [-0.2, -0.15) is 0 Å². The summed E-state index contributed by atoms with van der Waals surface area (Å²) in [6.45, 7) is 0. The lowest BCUT2D eigenvalue weighted by Crippen LogP contribution is -2.09. The summed E-state index contributed by atoms with van der Waals surface area (Å²) in [7, 11) is 0. The summed E-state index contributed by atoms with van der Waals surface area (Å²) in [5, 5.41) is 9.29. The molecule has 4 nitrogen and oxygen atoms in total. The number of halogens is 3. The second-order valence-electron chi connectivity index (χ2n) is 4.72. The molecule has 116 valence electrons. The van der Waals surface area contributed by atoms with Crippen molar-refractivity contribution in [3.63, 3.8) is 0 Å². The average molecular weight is 411 g/mol. The van der Waals surface area contributed by atoms with Crippen molar-refractivity contribution in [2.45, 2.75) is 5.33 Å². The minimum absolute atomic E-state index is 0.206. The van der Waals surface area contributed by atoms with Crippen molar-refractivity contribution in [3.05, 3.63) is 75.8 Å². The van der Waals surface area contributed by atoms with Crippen LogP contribution in [-0.4, -0.2) is 20.5 Å². The van der Waals surface area contributed by atoms with Gasteiger partial charge in [0.2, 0.25) is 0 Å². The number of hydrogen-bond acceptors (Lipinski definition) is 3. The van der Waals surface area contributed by atoms with Gasteiger partial charge in [0, 0.05) is 16.1 Å². The summed E-state index contributed by atoms with van der Waals surface area (Å²) >= 11 is 15.6. The van der Waals surface area contributed by atoms with Crippen LogP contribution in [0, 0.1) is 0 Å². The van der Waals surface area contributed by atoms with E-state index in [1.807, 2.05) is 0 Å². The van der Waals surface area contributed by atoms with Gasteiger partial charge in [0.1, 0.15) is 12.2 Å². The first-order valence-corrected chi connectivity index (χ1v) is 8.53. The van der Waals surface area contributed by atoms with E-state index in [2.05, 4.69) is 26.1 Å². The monoisotopic (exact) mass is 409 g/mol. The highest BCUT2D eigenvalue weighted by Crippen LogP contribution is 2.26. The molecule has 0 unspecified atom stereocenters. The Bertz CT molecular complexity index is 879. The number of alkyl halides is 1. The molecule has 0 bridgehead atoms. The normalized spacial score (nSPS) is 10.7. The third kappa shape index (κ3) is 3.17. The van der Waals surface area contributed by atoms with E-state index in [1.165, 1.54) is 0 Å². The number of ketones is 1. The number of aromatic nitrogens is 3. The standard InChI is InChI=1S/C16H10BrCl2N3O/c17-8-15-21-20-9-22(15)14-6-5-10(18)7-12(14)16(23)11-3-1-2-4-13(11)19/h1-7,9H,8H2. The van der Waals surface area contributed by atoms with Crippen LogP contribution in [0.2, 0.25) is 10.0 Å². The van der Waals surface area contributed by atoms with Crippen molar-refractivity contribution in [2.75, 3.05) is 0 Å². The largest absolute Gasteiger partial charge is 0.288 e. The van der Waals surface area contributed by atoms with Gasteiger partial charge >= 0.3 is 0 Å². The summed E-state index contributed by atoms with van der Waals surface area (Å²) in [6, 6.07) is 12.0. The first kappa shape index (κ1) is 16.2. The third-order valence-electron chi connectivity index (χ3n) is 3.32. The second kappa shape index (κ2) is 6.83. The zero-order valence-electron chi connectivity index (χ0n) is 11.7. The molecule has 7 heteroatoms. The van der Waals surface area contributed by atoms with Gasteiger partial charge in [0.25, 0.3) is 0 Å². The Labute approximate surface area is 151 Å². The highest BCUT2D eigenvalue weighted by Gasteiger charge is 2.19. The van der Waals surface area contributed by atoms with Crippen molar-refractivity contribution < 1.29 is 4.79 Å². The number of carbonyl (C=O) groups is 1. The SMILES string of the molecule is O=C(c1ccccc1Cl)c1cc(Cl)ccc1-n1cnnc1CBr. The fraction of sp³-hybridized carbons (Fsp3) is 0.0625. The Hall–Kier alpha value is -1.69. The van der Waals surface area contributed by atoms with E-state index in [9.17, 15) is 4.79 Å². The average Bonchev–Trinajstić information content (AvgIpc) is 3.03. The van der Waals surface area contributed by atoms with Crippen LogP contribution in [-0.2, 0) is 5.33 Å². The predicted molar refractivity (Wildman–Crippen MR) is 93.9 cm³/mol. The molecule has 1 heterocycles. The molecule has 0 spiro atoms. The van der Waals surface area contributed by atoms with Gasteiger partial charge in [-0.1, -0.05) is 51.3 Å². The van der Waals surface area contributed by atoms with E-state index in [4.69, 9.17) is 23.2 Å². The fourth-order valence-corrected chi connectivity index (χ4v) is 3.02. The Morgan fingerprint density at radius 2 is 1.91 bits per heavy atom. The maximum absolute atomic E-state index is 12.9. The van der Waals surface area contributed by atoms with Gasteiger partial charge in [-0.3, -0.25) is 9.36 Å². The lowest BCUT2D eigenvalue weighted by Gasteiger charge is -2.12. The topological polar surface area (TPSA) is 47.8 Å². The number of rotatable bonds is 4. The first-order valence-electron chi connectivity index (χ1n) is 6.66. The van der Waals surface area contributed by atoms with Crippen molar-refractivity contribution in [2.24, 2.45) is 0 Å². The molecule has 0 aliphatic heterocycles. The van der Waals surface area contributed by atoms with Crippen LogP contribution in [0.1, 0.15) is 21.7 Å². The summed E-state index contributed by atoms with van der Waals surface area (Å²) in [5.41, 5.74) is 1.51. The number of hydrogen-bond donors (Lipinski definition) is 0. The Morgan fingerprint density at radius 3 is 2.65 bits per heavy atom. The van der Waals surface area contributed by atoms with Crippen molar-refractivity contribution in [3.8, 4) is 5.69 Å². The van der Waals surface area contributed by atoms with E-state index in [0.717, 1.165) is 0 Å². The molecular formula is C16H10BrCl2N3O. The van der Waals surface area contributed by atoms with Crippen LogP contribution in [0.25, 0.3) is 5.69 Å². The zero-order chi connectivity index (χ0) is 16.4. The van der Waals surface area contributed by atoms with Gasteiger partial charge in [0.15, 0.2) is 5.78 Å². The predicted octanol–water partition coefficient (Wildman–Crippen LogP) is 4.70. The van der Waals surface area contributed by atoms with Crippen LogP contribution < -0.4 is 0 Å². The van der Waals surface area contributed by atoms with E-state index in [-0.39, 0.29) is 5.78 Å². The Morgan fingerprint density at radius 1 is 1.13 bits per heavy atom. The van der Waals surface area contributed by atoms with Gasteiger partial charge in [-0.05, 0) is 30.3 Å². The van der Waals surface area contributed by atoms with Crippen LogP contribution in [0.3, 0.4) is 0 Å². The number of nitrogens with zero attached hydrogens (tertiary/aromatic N) is 3. The van der Waals surface area contributed by atoms with Crippen molar-refractivity contribution in [1.29, 1.82) is 0 Å². The minimum atomic E-state index is -0.206. The maximum Gasteiger partial charge on any atom is 0.196 e. The van der Waals surface area contributed by atoms with Gasteiger partial charge in [0.05, 0.1) is 16.0 Å². The van der Waals surface area contributed by atoms with Crippen LogP contribution in [0.15, 0.2) is 48.8 Å². The van der Waals surface area contributed by atoms with Crippen LogP contribution >= 0.6 is 39.1 Å². The van der Waals surface area contributed by atoms with E-state index in [0.29, 0.717) is 38.0 Å². The highest BCUT2D eigenvalue weighted by atomic mass is 79.9. The molecule has 0 radical (unpaired) electrons. The molecule has 0 saturated carbocycles. The molecule has 0 atom stereocenters. The zero-order valence-corrected chi connectivity index (χ0v) is 14.8. The number of benzene rings is 2. The molecular weight excluding hydrogens is 401 g/mol. The molecule has 0 saturated heterocycles. The molecule has 3 rings (SSSR count). The van der Waals surface area contributed by atoms with E-state index >= 15 is 0 Å². The Kier molecular flexibility index (Phi) is 4.80. The molecule has 0 amide bonds. The molecule has 1 aromatic heterocycles. The smallest absolute Gasteiger partial charge is 0.196 e. The van der Waals surface area contributed by atoms with Crippen LogP contribution in [0.5, 0.6) is 0 Å². The molecule has 2 aromatic carbocycles. The lowest BCUT2D eigenvalue weighted by molar-refractivity contribution is 0.103. The van der Waals surface area contributed by atoms with Gasteiger partial charge < -0.3 is 0 Å². The molecule has 0 N–H and O–H groups in total. The van der Waals surface area contributed by atoms with Crippen molar-refractivity contribution >= 4 is 44.9 Å². The van der Waals surface area contributed by atoms with Gasteiger partial charge in [-0.25, -0.2) is 0 Å². The quantitative estimate of drug-likeness (QED) is 0.462. The first-order chi connectivity index (χ1) is 11.1. The molecule has 3 aromatic rings. The summed E-state index contributed by atoms with van der Waals surface area (Å²) < 4.78 is 1.75. The molecule has 0 aliphatic rings. The fourth-order valence-electron chi connectivity index (χ4n) is 2.24. The van der Waals surface area contributed by atoms with Gasteiger partial charge in [-0.15, -0.1) is 10.2 Å². The van der Waals surface area contributed by atoms with E-state index < -0.39 is 0 Å². The minimum Gasteiger partial charge on any atom is -0.288 e. The van der Waals surface area contributed by atoms with E-state index in [1.54, 1.807) is 53.4 Å². The summed E-state index contributed by atoms with van der Waals surface area (Å²) in [6.07, 6.45) is 1.56. The van der Waals surface area contributed by atoms with Crippen molar-refractivity contribution in [1.82, 2.24) is 14.8 Å². The second-order valence-corrected chi connectivity index (χ2v) is 6.13. The summed E-state index contributed by atoms with van der Waals surface area (Å²) in [4.78, 5) is 12.9. The van der Waals surface area contributed by atoms with Crippen LogP contribution in [0.4, 0.5) is 0 Å². The third-order valence-corrected chi connectivity index (χ3v) is 4.39. The maximum atomic E-state index is 12.9. The Balaban J connectivity index is 2.18. The summed E-state index contributed by atoms with van der Waals surface area (Å²) in [5.74, 6) is 0.475. The highest BCUT2D eigenvalue weighted by molar-refractivity contribution is 9.08. The number of carbonyl (C=O) groups excluding carboxylic acids is 1. The molecule has 0 fully saturated rings. The molecule has 0 aliphatic carbocycles.